The Balaban J connectivity index is 2.35. The van der Waals surface area contributed by atoms with Gasteiger partial charge in [-0.05, 0) is 0 Å². The maximum Gasteiger partial charge on any atom is 0.262 e. The molecule has 15 heavy (non-hydrogen) atoms. The van der Waals surface area contributed by atoms with Gasteiger partial charge in [-0.25, -0.2) is 0 Å². The third-order valence-electron chi connectivity index (χ3n) is 2.51. The van der Waals surface area contributed by atoms with E-state index in [1.54, 1.807) is 17.1 Å². The number of rotatable bonds is 1. The lowest BCUT2D eigenvalue weighted by molar-refractivity contribution is -0.138. The molecule has 0 atom stereocenters. The van der Waals surface area contributed by atoms with Gasteiger partial charge in [0.2, 0.25) is 0 Å². The molecule has 0 radical (unpaired) electrons. The van der Waals surface area contributed by atoms with E-state index in [4.69, 9.17) is 0 Å². The molecule has 0 bridgehead atoms. The maximum atomic E-state index is 11.4. The Bertz CT molecular complexity index is 400. The fraction of sp³-hybridized carbons (Fsp3) is 0.273. The van der Waals surface area contributed by atoms with Crippen LogP contribution in [-0.2, 0) is 4.79 Å². The summed E-state index contributed by atoms with van der Waals surface area (Å²) < 4.78 is 0. The first-order valence-corrected chi connectivity index (χ1v) is 4.80. The number of carbonyl (C=O) groups excluding carboxylic acids is 1. The minimum atomic E-state index is 0.0113. The first-order valence-electron chi connectivity index (χ1n) is 4.80. The summed E-state index contributed by atoms with van der Waals surface area (Å²) in [6, 6.07) is 9.85. The zero-order chi connectivity index (χ0) is 10.8. The van der Waals surface area contributed by atoms with Gasteiger partial charge in [0.25, 0.3) is 5.91 Å². The molecular formula is C11H13N3O. The average Bonchev–Trinajstić information content (AvgIpc) is 2.27. The topological polar surface area (TPSA) is 35.9 Å². The van der Waals surface area contributed by atoms with E-state index in [2.05, 4.69) is 4.99 Å². The second-order valence-corrected chi connectivity index (χ2v) is 3.45. The lowest BCUT2D eigenvalue weighted by atomic mass is 10.2. The number of amidine groups is 1. The van der Waals surface area contributed by atoms with E-state index in [1.807, 2.05) is 37.4 Å². The van der Waals surface area contributed by atoms with Crippen molar-refractivity contribution < 1.29 is 4.79 Å². The van der Waals surface area contributed by atoms with E-state index in [0.717, 1.165) is 11.4 Å². The Morgan fingerprint density at radius 2 is 1.80 bits per heavy atom. The molecule has 0 spiro atoms. The largest absolute Gasteiger partial charge is 0.271 e. The fourth-order valence-corrected chi connectivity index (χ4v) is 1.52. The number of benzene rings is 1. The monoisotopic (exact) mass is 203 g/mol. The molecule has 2 rings (SSSR count). The second kappa shape index (κ2) is 3.73. The van der Waals surface area contributed by atoms with Crippen LogP contribution in [0, 0.1) is 0 Å². The van der Waals surface area contributed by atoms with Crippen molar-refractivity contribution in [2.24, 2.45) is 4.99 Å². The van der Waals surface area contributed by atoms with Crippen LogP contribution in [0.25, 0.3) is 0 Å². The van der Waals surface area contributed by atoms with Gasteiger partial charge in [-0.15, -0.1) is 0 Å². The number of aliphatic imine (C=N–C) groups is 1. The summed E-state index contributed by atoms with van der Waals surface area (Å²) >= 11 is 0. The molecular weight excluding hydrogens is 190 g/mol. The van der Waals surface area contributed by atoms with Gasteiger partial charge in [-0.1, -0.05) is 30.3 Å². The van der Waals surface area contributed by atoms with Gasteiger partial charge < -0.3 is 0 Å². The molecule has 1 aliphatic rings. The zero-order valence-corrected chi connectivity index (χ0v) is 8.84. The fourth-order valence-electron chi connectivity index (χ4n) is 1.52. The van der Waals surface area contributed by atoms with Crippen molar-refractivity contribution in [3.63, 3.8) is 0 Å². The molecule has 1 aliphatic heterocycles. The Morgan fingerprint density at radius 3 is 2.47 bits per heavy atom. The number of hydrogen-bond donors (Lipinski definition) is 0. The number of amides is 1. The molecule has 0 unspecified atom stereocenters. The Labute approximate surface area is 88.8 Å². The molecule has 0 N–H and O–H groups in total. The molecule has 1 amide bonds. The van der Waals surface area contributed by atoms with E-state index in [1.165, 1.54) is 0 Å². The van der Waals surface area contributed by atoms with Crippen molar-refractivity contribution >= 4 is 11.7 Å². The number of carbonyl (C=O) groups is 1. The van der Waals surface area contributed by atoms with Crippen molar-refractivity contribution in [1.82, 2.24) is 10.0 Å². The van der Waals surface area contributed by atoms with Crippen molar-refractivity contribution in [2.45, 2.75) is 0 Å². The Morgan fingerprint density at radius 1 is 1.13 bits per heavy atom. The number of hydrazine groups is 1. The predicted molar refractivity (Wildman–Crippen MR) is 58.4 cm³/mol. The minimum Gasteiger partial charge on any atom is -0.271 e. The van der Waals surface area contributed by atoms with Crippen molar-refractivity contribution in [2.75, 3.05) is 20.6 Å². The van der Waals surface area contributed by atoms with E-state index in [-0.39, 0.29) is 12.5 Å². The highest BCUT2D eigenvalue weighted by atomic mass is 16.2. The molecule has 0 aliphatic carbocycles. The molecule has 78 valence electrons. The molecule has 1 aromatic rings. The van der Waals surface area contributed by atoms with Crippen LogP contribution in [0.3, 0.4) is 0 Å². The third kappa shape index (κ3) is 1.70. The van der Waals surface area contributed by atoms with Crippen LogP contribution in [0.2, 0.25) is 0 Å². The highest BCUT2D eigenvalue weighted by Gasteiger charge is 2.22. The first-order chi connectivity index (χ1) is 7.20. The first kappa shape index (κ1) is 9.71. The van der Waals surface area contributed by atoms with Crippen LogP contribution in [-0.4, -0.2) is 42.4 Å². The summed E-state index contributed by atoms with van der Waals surface area (Å²) in [5.74, 6) is 0.842. The second-order valence-electron chi connectivity index (χ2n) is 3.45. The lowest BCUT2D eigenvalue weighted by Gasteiger charge is -2.34. The van der Waals surface area contributed by atoms with Gasteiger partial charge in [0.05, 0.1) is 0 Å². The molecule has 1 aromatic carbocycles. The van der Waals surface area contributed by atoms with Gasteiger partial charge in [0, 0.05) is 19.7 Å². The quantitative estimate of drug-likeness (QED) is 0.675. The van der Waals surface area contributed by atoms with Gasteiger partial charge in [-0.2, -0.15) is 0 Å². The molecule has 0 saturated carbocycles. The molecule has 0 fully saturated rings. The summed E-state index contributed by atoms with van der Waals surface area (Å²) in [7, 11) is 3.59. The highest BCUT2D eigenvalue weighted by molar-refractivity contribution is 6.02. The third-order valence-corrected chi connectivity index (χ3v) is 2.51. The van der Waals surface area contributed by atoms with E-state index in [9.17, 15) is 4.79 Å². The van der Waals surface area contributed by atoms with Gasteiger partial charge >= 0.3 is 0 Å². The van der Waals surface area contributed by atoms with Gasteiger partial charge in [-0.3, -0.25) is 19.8 Å². The standard InChI is InChI=1S/C11H13N3O/c1-13-10(15)8-12-11(14(13)2)9-6-4-3-5-7-9/h3-7H,8H2,1-2H3. The van der Waals surface area contributed by atoms with Crippen LogP contribution in [0.15, 0.2) is 35.3 Å². The molecule has 4 nitrogen and oxygen atoms in total. The van der Waals surface area contributed by atoms with Crippen molar-refractivity contribution in [3.8, 4) is 0 Å². The van der Waals surface area contributed by atoms with Crippen LogP contribution in [0.5, 0.6) is 0 Å². The maximum absolute atomic E-state index is 11.4. The summed E-state index contributed by atoms with van der Waals surface area (Å²) in [5, 5.41) is 3.34. The zero-order valence-electron chi connectivity index (χ0n) is 8.84. The van der Waals surface area contributed by atoms with Gasteiger partial charge in [0.15, 0.2) is 0 Å². The lowest BCUT2D eigenvalue weighted by Crippen LogP contribution is -2.49. The molecule has 4 heteroatoms. The molecule has 0 aromatic heterocycles. The summed E-state index contributed by atoms with van der Waals surface area (Å²) in [5.41, 5.74) is 1.03. The minimum absolute atomic E-state index is 0.0113. The van der Waals surface area contributed by atoms with Crippen LogP contribution in [0.4, 0.5) is 0 Å². The summed E-state index contributed by atoms with van der Waals surface area (Å²) in [6.45, 7) is 0.227. The highest BCUT2D eigenvalue weighted by Crippen LogP contribution is 2.10. The normalized spacial score (nSPS) is 16.7. The van der Waals surface area contributed by atoms with Crippen molar-refractivity contribution in [3.05, 3.63) is 35.9 Å². The summed E-state index contributed by atoms with van der Waals surface area (Å²) in [4.78, 5) is 15.6. The molecule has 1 heterocycles. The summed E-state index contributed by atoms with van der Waals surface area (Å²) in [6.07, 6.45) is 0. The van der Waals surface area contributed by atoms with E-state index < -0.39 is 0 Å². The Kier molecular flexibility index (Phi) is 2.41. The van der Waals surface area contributed by atoms with Crippen LogP contribution in [0.1, 0.15) is 5.56 Å². The van der Waals surface area contributed by atoms with Crippen molar-refractivity contribution in [1.29, 1.82) is 0 Å². The predicted octanol–water partition coefficient (Wildman–Crippen LogP) is 0.752. The van der Waals surface area contributed by atoms with E-state index >= 15 is 0 Å². The van der Waals surface area contributed by atoms with Crippen LogP contribution < -0.4 is 0 Å². The number of nitrogens with zero attached hydrogens (tertiary/aromatic N) is 3. The van der Waals surface area contributed by atoms with Crippen LogP contribution >= 0.6 is 0 Å². The van der Waals surface area contributed by atoms with Gasteiger partial charge in [0.1, 0.15) is 12.4 Å². The Hall–Kier alpha value is -1.84. The number of hydrogen-bond acceptors (Lipinski definition) is 3. The smallest absolute Gasteiger partial charge is 0.262 e. The number of likely N-dealkylation sites (N-methyl/N-ethyl adjacent to an activating group) is 1. The molecule has 0 saturated heterocycles. The average molecular weight is 203 g/mol. The SMILES string of the molecule is CN1C(=O)CN=C(c2ccccc2)N1C. The van der Waals surface area contributed by atoms with E-state index in [0.29, 0.717) is 0 Å².